The predicted octanol–water partition coefficient (Wildman–Crippen LogP) is 2.04. The first-order valence-corrected chi connectivity index (χ1v) is 9.54. The minimum Gasteiger partial charge on any atom is -0.455 e. The number of rotatable bonds is 7. The minimum atomic E-state index is -4.61. The van der Waals surface area contributed by atoms with Gasteiger partial charge in [0.1, 0.15) is 18.2 Å². The van der Waals surface area contributed by atoms with Gasteiger partial charge >= 0.3 is 5.97 Å². The fourth-order valence-electron chi connectivity index (χ4n) is 2.41. The minimum absolute atomic E-state index is 0.522. The van der Waals surface area contributed by atoms with Gasteiger partial charge in [0, 0.05) is 5.69 Å². The van der Waals surface area contributed by atoms with Gasteiger partial charge < -0.3 is 10.1 Å². The molecule has 2 aromatic carbocycles. The molecule has 0 saturated carbocycles. The number of halogens is 2. The highest BCUT2D eigenvalue weighted by molar-refractivity contribution is 7.89. The van der Waals surface area contributed by atoms with Crippen molar-refractivity contribution < 1.29 is 31.5 Å². The molecule has 0 aliphatic heterocycles. The van der Waals surface area contributed by atoms with Crippen molar-refractivity contribution in [2.75, 3.05) is 18.5 Å². The summed E-state index contributed by atoms with van der Waals surface area (Å²) < 4.78 is 57.4. The van der Waals surface area contributed by atoms with Crippen LogP contribution >= 0.6 is 0 Å². The van der Waals surface area contributed by atoms with E-state index < -0.39 is 51.6 Å². The third-order valence-corrected chi connectivity index (χ3v) is 4.92. The molecule has 2 N–H and O–H groups in total. The maximum Gasteiger partial charge on any atom is 0.321 e. The zero-order chi connectivity index (χ0) is 20.9. The van der Waals surface area contributed by atoms with Crippen LogP contribution in [0.15, 0.2) is 41.3 Å². The van der Waals surface area contributed by atoms with Crippen LogP contribution in [-0.4, -0.2) is 33.4 Å². The number of hydrogen-bond acceptors (Lipinski definition) is 5. The molecule has 0 bridgehead atoms. The Kier molecular flexibility index (Phi) is 6.81. The number of carbonyl (C=O) groups excluding carboxylic acids is 2. The maximum absolute atomic E-state index is 13.6. The SMILES string of the molecule is Cc1cc(C)cc(NC(=O)COC(=O)CNS(=O)(=O)c2c(F)cccc2F)c1. The normalized spacial score (nSPS) is 11.1. The molecule has 1 amide bonds. The predicted molar refractivity (Wildman–Crippen MR) is 97.1 cm³/mol. The summed E-state index contributed by atoms with van der Waals surface area (Å²) >= 11 is 0. The molecule has 2 rings (SSSR count). The summed E-state index contributed by atoms with van der Waals surface area (Å²) in [6, 6.07) is 7.92. The Hall–Kier alpha value is -2.85. The van der Waals surface area contributed by atoms with Crippen molar-refractivity contribution in [1.29, 1.82) is 0 Å². The molecule has 0 saturated heterocycles. The lowest BCUT2D eigenvalue weighted by molar-refractivity contribution is -0.146. The summed E-state index contributed by atoms with van der Waals surface area (Å²) in [7, 11) is -4.61. The average Bonchev–Trinajstić information content (AvgIpc) is 2.57. The van der Waals surface area contributed by atoms with Gasteiger partial charge in [-0.3, -0.25) is 9.59 Å². The Labute approximate surface area is 160 Å². The third-order valence-electron chi connectivity index (χ3n) is 3.46. The first-order valence-electron chi connectivity index (χ1n) is 8.06. The Morgan fingerprint density at radius 3 is 2.18 bits per heavy atom. The number of benzene rings is 2. The van der Waals surface area contributed by atoms with Gasteiger partial charge in [0.25, 0.3) is 5.91 Å². The standard InChI is InChI=1S/C18H18F2N2O5S/c1-11-6-12(2)8-13(7-11)22-16(23)10-27-17(24)9-21-28(25,26)18-14(19)4-3-5-15(18)20/h3-8,21H,9-10H2,1-2H3,(H,22,23). The van der Waals surface area contributed by atoms with Gasteiger partial charge in [0.05, 0.1) is 0 Å². The van der Waals surface area contributed by atoms with E-state index >= 15 is 0 Å². The van der Waals surface area contributed by atoms with Crippen molar-refractivity contribution in [1.82, 2.24) is 4.72 Å². The van der Waals surface area contributed by atoms with Crippen molar-refractivity contribution >= 4 is 27.6 Å². The number of hydrogen-bond donors (Lipinski definition) is 2. The quantitative estimate of drug-likeness (QED) is 0.678. The molecule has 0 atom stereocenters. The number of aryl methyl sites for hydroxylation is 2. The largest absolute Gasteiger partial charge is 0.455 e. The molecular formula is C18H18F2N2O5S. The third kappa shape index (κ3) is 5.83. The van der Waals surface area contributed by atoms with E-state index in [1.54, 1.807) is 16.9 Å². The van der Waals surface area contributed by atoms with Crippen LogP contribution in [0, 0.1) is 25.5 Å². The van der Waals surface area contributed by atoms with E-state index in [1.165, 1.54) is 0 Å². The van der Waals surface area contributed by atoms with Crippen LogP contribution in [0.4, 0.5) is 14.5 Å². The summed E-state index contributed by atoms with van der Waals surface area (Å²) in [6.45, 7) is 2.16. The van der Waals surface area contributed by atoms with Crippen LogP contribution in [0.1, 0.15) is 11.1 Å². The van der Waals surface area contributed by atoms with Crippen LogP contribution < -0.4 is 10.0 Å². The van der Waals surface area contributed by atoms with Crippen LogP contribution in [0.2, 0.25) is 0 Å². The van der Waals surface area contributed by atoms with Crippen molar-refractivity contribution in [3.63, 3.8) is 0 Å². The molecule has 7 nitrogen and oxygen atoms in total. The topological polar surface area (TPSA) is 102 Å². The number of amides is 1. The first kappa shape index (κ1) is 21.5. The van der Waals surface area contributed by atoms with Gasteiger partial charge in [-0.15, -0.1) is 0 Å². The summed E-state index contributed by atoms with van der Waals surface area (Å²) in [5.41, 5.74) is 2.39. The second kappa shape index (κ2) is 8.89. The lowest BCUT2D eigenvalue weighted by atomic mass is 10.1. The Bertz CT molecular complexity index is 969. The highest BCUT2D eigenvalue weighted by Crippen LogP contribution is 2.17. The molecule has 150 valence electrons. The second-order valence-corrected chi connectivity index (χ2v) is 7.66. The average molecular weight is 412 g/mol. The van der Waals surface area contributed by atoms with Gasteiger partial charge in [0.15, 0.2) is 11.5 Å². The van der Waals surface area contributed by atoms with Crippen molar-refractivity contribution in [3.05, 3.63) is 59.2 Å². The van der Waals surface area contributed by atoms with E-state index in [-0.39, 0.29) is 0 Å². The van der Waals surface area contributed by atoms with E-state index in [4.69, 9.17) is 0 Å². The van der Waals surface area contributed by atoms with Gasteiger partial charge in [-0.1, -0.05) is 12.1 Å². The van der Waals surface area contributed by atoms with Crippen molar-refractivity contribution in [2.45, 2.75) is 18.7 Å². The number of ether oxygens (including phenoxy) is 1. The van der Waals surface area contributed by atoms with Crippen molar-refractivity contribution in [3.8, 4) is 0 Å². The molecule has 0 unspecified atom stereocenters. The maximum atomic E-state index is 13.6. The molecule has 28 heavy (non-hydrogen) atoms. The van der Waals surface area contributed by atoms with Gasteiger partial charge in [-0.05, 0) is 49.2 Å². The summed E-state index contributed by atoms with van der Waals surface area (Å²) in [5.74, 6) is -4.31. The fraction of sp³-hybridized carbons (Fsp3) is 0.222. The molecule has 0 aromatic heterocycles. The number of carbonyl (C=O) groups is 2. The highest BCUT2D eigenvalue weighted by Gasteiger charge is 2.24. The van der Waals surface area contributed by atoms with E-state index in [9.17, 15) is 26.8 Å². The summed E-state index contributed by atoms with van der Waals surface area (Å²) in [5, 5.41) is 2.54. The molecule has 0 aliphatic carbocycles. The monoisotopic (exact) mass is 412 g/mol. The van der Waals surface area contributed by atoms with Crippen LogP contribution in [-0.2, 0) is 24.3 Å². The van der Waals surface area contributed by atoms with Gasteiger partial charge in [-0.2, -0.15) is 4.72 Å². The second-order valence-electron chi connectivity index (χ2n) is 5.96. The number of esters is 1. The zero-order valence-corrected chi connectivity index (χ0v) is 15.9. The first-order chi connectivity index (χ1) is 13.1. The number of anilines is 1. The lowest BCUT2D eigenvalue weighted by Gasteiger charge is -2.10. The highest BCUT2D eigenvalue weighted by atomic mass is 32.2. The zero-order valence-electron chi connectivity index (χ0n) is 15.1. The Morgan fingerprint density at radius 2 is 1.61 bits per heavy atom. The molecular weight excluding hydrogens is 394 g/mol. The molecule has 2 aromatic rings. The van der Waals surface area contributed by atoms with Crippen LogP contribution in [0.3, 0.4) is 0 Å². The Balaban J connectivity index is 1.88. The van der Waals surface area contributed by atoms with E-state index in [1.807, 2.05) is 19.9 Å². The molecule has 0 radical (unpaired) electrons. The molecule has 0 fully saturated rings. The van der Waals surface area contributed by atoms with Crippen molar-refractivity contribution in [2.24, 2.45) is 0 Å². The van der Waals surface area contributed by atoms with Gasteiger partial charge in [-0.25, -0.2) is 17.2 Å². The van der Waals surface area contributed by atoms with E-state index in [0.29, 0.717) is 5.69 Å². The van der Waals surface area contributed by atoms with Gasteiger partial charge in [0.2, 0.25) is 10.0 Å². The summed E-state index contributed by atoms with van der Waals surface area (Å²) in [6.07, 6.45) is 0. The number of sulfonamides is 1. The Morgan fingerprint density at radius 1 is 1.04 bits per heavy atom. The molecule has 0 aliphatic rings. The smallest absolute Gasteiger partial charge is 0.321 e. The molecule has 0 heterocycles. The van der Waals surface area contributed by atoms with E-state index in [0.717, 1.165) is 29.3 Å². The van der Waals surface area contributed by atoms with Crippen LogP contribution in [0.5, 0.6) is 0 Å². The molecule has 0 spiro atoms. The molecule has 10 heteroatoms. The summed E-state index contributed by atoms with van der Waals surface area (Å²) in [4.78, 5) is 22.3. The van der Waals surface area contributed by atoms with Crippen LogP contribution in [0.25, 0.3) is 0 Å². The van der Waals surface area contributed by atoms with E-state index in [2.05, 4.69) is 10.1 Å². The number of nitrogens with one attached hydrogen (secondary N) is 2. The fourth-order valence-corrected chi connectivity index (χ4v) is 3.51. The lowest BCUT2D eigenvalue weighted by Crippen LogP contribution is -2.33.